The van der Waals surface area contributed by atoms with Gasteiger partial charge in [-0.2, -0.15) is 0 Å². The van der Waals surface area contributed by atoms with Crippen LogP contribution in [0.1, 0.15) is 39.2 Å². The normalized spacial score (nSPS) is 12.8. The van der Waals surface area contributed by atoms with E-state index in [1.807, 2.05) is 12.1 Å². The molecule has 1 N–H and O–H groups in total. The summed E-state index contributed by atoms with van der Waals surface area (Å²) in [6.07, 6.45) is 2.49. The summed E-state index contributed by atoms with van der Waals surface area (Å²) in [5.41, 5.74) is 1.31. The Labute approximate surface area is 105 Å². The second-order valence-electron chi connectivity index (χ2n) is 4.59. The van der Waals surface area contributed by atoms with E-state index in [1.54, 1.807) is 7.11 Å². The van der Waals surface area contributed by atoms with Gasteiger partial charge in [-0.15, -0.1) is 0 Å². The third-order valence-electron chi connectivity index (χ3n) is 3.54. The van der Waals surface area contributed by atoms with Crippen LogP contribution >= 0.6 is 0 Å². The molecular formula is C15H25NO. The van der Waals surface area contributed by atoms with Gasteiger partial charge in [0.1, 0.15) is 5.75 Å². The molecule has 0 aliphatic rings. The second-order valence-corrected chi connectivity index (χ2v) is 4.59. The van der Waals surface area contributed by atoms with E-state index in [9.17, 15) is 0 Å². The minimum absolute atomic E-state index is 0.576. The fourth-order valence-corrected chi connectivity index (χ4v) is 2.18. The van der Waals surface area contributed by atoms with E-state index in [4.69, 9.17) is 4.74 Å². The molecule has 0 aliphatic carbocycles. The summed E-state index contributed by atoms with van der Waals surface area (Å²) < 4.78 is 5.15. The lowest BCUT2D eigenvalue weighted by Crippen LogP contribution is -2.32. The van der Waals surface area contributed by atoms with Gasteiger partial charge in [0.25, 0.3) is 0 Å². The van der Waals surface area contributed by atoms with Gasteiger partial charge in [0.15, 0.2) is 0 Å². The average Bonchev–Trinajstić information content (AvgIpc) is 2.38. The molecule has 0 aliphatic heterocycles. The van der Waals surface area contributed by atoms with Crippen LogP contribution in [0.4, 0.5) is 0 Å². The lowest BCUT2D eigenvalue weighted by atomic mass is 9.95. The van der Waals surface area contributed by atoms with E-state index in [1.165, 1.54) is 18.4 Å². The first-order chi connectivity index (χ1) is 8.21. The number of hydrogen-bond donors (Lipinski definition) is 1. The second kappa shape index (κ2) is 7.33. The van der Waals surface area contributed by atoms with Crippen molar-refractivity contribution in [2.75, 3.05) is 7.11 Å². The van der Waals surface area contributed by atoms with Crippen LogP contribution in [0.25, 0.3) is 0 Å². The zero-order valence-electron chi connectivity index (χ0n) is 11.5. The van der Waals surface area contributed by atoms with Crippen molar-refractivity contribution in [1.29, 1.82) is 0 Å². The predicted molar refractivity (Wildman–Crippen MR) is 73.4 cm³/mol. The van der Waals surface area contributed by atoms with Gasteiger partial charge in [0, 0.05) is 12.6 Å². The first-order valence-corrected chi connectivity index (χ1v) is 6.57. The van der Waals surface area contributed by atoms with Crippen LogP contribution in [0, 0.1) is 5.92 Å². The molecule has 17 heavy (non-hydrogen) atoms. The Kier molecular flexibility index (Phi) is 6.06. The molecule has 1 atom stereocenters. The van der Waals surface area contributed by atoms with Gasteiger partial charge in [-0.05, 0) is 30.5 Å². The topological polar surface area (TPSA) is 21.3 Å². The fourth-order valence-electron chi connectivity index (χ4n) is 2.18. The van der Waals surface area contributed by atoms with Gasteiger partial charge in [-0.1, -0.05) is 38.8 Å². The summed E-state index contributed by atoms with van der Waals surface area (Å²) in [5.74, 6) is 1.69. The molecule has 2 heteroatoms. The molecule has 1 aromatic carbocycles. The Morgan fingerprint density at radius 1 is 1.12 bits per heavy atom. The molecule has 0 saturated carbocycles. The van der Waals surface area contributed by atoms with E-state index in [2.05, 4.69) is 38.2 Å². The van der Waals surface area contributed by atoms with Crippen LogP contribution in [-0.2, 0) is 6.54 Å². The molecule has 0 amide bonds. The van der Waals surface area contributed by atoms with Crippen molar-refractivity contribution in [2.24, 2.45) is 5.92 Å². The monoisotopic (exact) mass is 235 g/mol. The fraction of sp³-hybridized carbons (Fsp3) is 0.600. The molecule has 96 valence electrons. The molecule has 0 radical (unpaired) electrons. The summed E-state index contributed by atoms with van der Waals surface area (Å²) in [5, 5.41) is 3.60. The standard InChI is InChI=1S/C15H25NO/c1-5-14(6-2)12(3)16-11-13-7-9-15(17-4)10-8-13/h7-10,12,14,16H,5-6,11H2,1-4H3. The highest BCUT2D eigenvalue weighted by Gasteiger charge is 2.12. The smallest absolute Gasteiger partial charge is 0.118 e. The van der Waals surface area contributed by atoms with Crippen LogP contribution in [-0.4, -0.2) is 13.2 Å². The van der Waals surface area contributed by atoms with Gasteiger partial charge >= 0.3 is 0 Å². The molecule has 0 saturated heterocycles. The highest BCUT2D eigenvalue weighted by Crippen LogP contribution is 2.14. The lowest BCUT2D eigenvalue weighted by molar-refractivity contribution is 0.353. The zero-order chi connectivity index (χ0) is 12.7. The van der Waals surface area contributed by atoms with E-state index >= 15 is 0 Å². The molecule has 0 spiro atoms. The number of hydrogen-bond acceptors (Lipinski definition) is 2. The van der Waals surface area contributed by atoms with Gasteiger partial charge in [0.05, 0.1) is 7.11 Å². The van der Waals surface area contributed by atoms with E-state index in [-0.39, 0.29) is 0 Å². The molecular weight excluding hydrogens is 210 g/mol. The molecule has 2 nitrogen and oxygen atoms in total. The Balaban J connectivity index is 2.43. The summed E-state index contributed by atoms with van der Waals surface area (Å²) in [7, 11) is 1.70. The van der Waals surface area contributed by atoms with Gasteiger partial charge in [-0.25, -0.2) is 0 Å². The van der Waals surface area contributed by atoms with Crippen molar-refractivity contribution >= 4 is 0 Å². The largest absolute Gasteiger partial charge is 0.497 e. The van der Waals surface area contributed by atoms with Crippen molar-refractivity contribution in [3.05, 3.63) is 29.8 Å². The average molecular weight is 235 g/mol. The summed E-state index contributed by atoms with van der Waals surface area (Å²) in [6.45, 7) is 7.74. The molecule has 0 fully saturated rings. The van der Waals surface area contributed by atoms with Crippen molar-refractivity contribution in [3.63, 3.8) is 0 Å². The first-order valence-electron chi connectivity index (χ1n) is 6.57. The van der Waals surface area contributed by atoms with Crippen LogP contribution in [0.5, 0.6) is 5.75 Å². The molecule has 1 rings (SSSR count). The number of rotatable bonds is 7. The van der Waals surface area contributed by atoms with Gasteiger partial charge in [0.2, 0.25) is 0 Å². The van der Waals surface area contributed by atoms with Crippen LogP contribution < -0.4 is 10.1 Å². The molecule has 0 bridgehead atoms. The van der Waals surface area contributed by atoms with Crippen LogP contribution in [0.2, 0.25) is 0 Å². The summed E-state index contributed by atoms with van der Waals surface area (Å²) in [4.78, 5) is 0. The SMILES string of the molecule is CCC(CC)C(C)NCc1ccc(OC)cc1. The third kappa shape index (κ3) is 4.39. The Bertz CT molecular complexity index is 303. The molecule has 0 heterocycles. The highest BCUT2D eigenvalue weighted by atomic mass is 16.5. The molecule has 1 unspecified atom stereocenters. The molecule has 0 aromatic heterocycles. The first kappa shape index (κ1) is 14.0. The maximum absolute atomic E-state index is 5.15. The van der Waals surface area contributed by atoms with Crippen molar-refractivity contribution < 1.29 is 4.74 Å². The van der Waals surface area contributed by atoms with E-state index < -0.39 is 0 Å². The van der Waals surface area contributed by atoms with E-state index in [0.29, 0.717) is 6.04 Å². The third-order valence-corrected chi connectivity index (χ3v) is 3.54. The van der Waals surface area contributed by atoms with Gasteiger partial charge in [-0.3, -0.25) is 0 Å². The minimum Gasteiger partial charge on any atom is -0.497 e. The molecule has 1 aromatic rings. The maximum atomic E-state index is 5.15. The number of methoxy groups -OCH3 is 1. The van der Waals surface area contributed by atoms with Crippen LogP contribution in [0.3, 0.4) is 0 Å². The zero-order valence-corrected chi connectivity index (χ0v) is 11.5. The van der Waals surface area contributed by atoms with Gasteiger partial charge < -0.3 is 10.1 Å². The Hall–Kier alpha value is -1.02. The summed E-state index contributed by atoms with van der Waals surface area (Å²) >= 11 is 0. The lowest BCUT2D eigenvalue weighted by Gasteiger charge is -2.22. The Morgan fingerprint density at radius 3 is 2.18 bits per heavy atom. The minimum atomic E-state index is 0.576. The summed E-state index contributed by atoms with van der Waals surface area (Å²) in [6, 6.07) is 8.83. The van der Waals surface area contributed by atoms with Crippen molar-refractivity contribution in [3.8, 4) is 5.75 Å². The maximum Gasteiger partial charge on any atom is 0.118 e. The van der Waals surface area contributed by atoms with Crippen molar-refractivity contribution in [1.82, 2.24) is 5.32 Å². The van der Waals surface area contributed by atoms with E-state index in [0.717, 1.165) is 18.2 Å². The quantitative estimate of drug-likeness (QED) is 0.779. The van der Waals surface area contributed by atoms with Crippen LogP contribution in [0.15, 0.2) is 24.3 Å². The van der Waals surface area contributed by atoms with Crippen molar-refractivity contribution in [2.45, 2.75) is 46.2 Å². The highest BCUT2D eigenvalue weighted by molar-refractivity contribution is 5.27. The number of ether oxygens (including phenoxy) is 1. The predicted octanol–water partition coefficient (Wildman–Crippen LogP) is 3.61. The number of benzene rings is 1. The Morgan fingerprint density at radius 2 is 1.71 bits per heavy atom. The number of nitrogens with one attached hydrogen (secondary N) is 1.